The van der Waals surface area contributed by atoms with E-state index >= 15 is 0 Å². The van der Waals surface area contributed by atoms with Crippen molar-refractivity contribution in [3.8, 4) is 5.75 Å². The molecule has 0 aliphatic carbocycles. The molecule has 0 spiro atoms. The molecule has 6 heteroatoms. The molecule has 0 bridgehead atoms. The van der Waals surface area contributed by atoms with Crippen LogP contribution in [0.1, 0.15) is 30.9 Å². The van der Waals surface area contributed by atoms with Crippen LogP contribution in [-0.2, 0) is 14.3 Å². The molecule has 2 atom stereocenters. The average Bonchev–Trinajstić information content (AvgIpc) is 2.71. The van der Waals surface area contributed by atoms with Crippen molar-refractivity contribution >= 4 is 23.7 Å². The van der Waals surface area contributed by atoms with Gasteiger partial charge in [-0.2, -0.15) is 0 Å². The molecule has 0 radical (unpaired) electrons. The van der Waals surface area contributed by atoms with Crippen molar-refractivity contribution in [3.63, 3.8) is 0 Å². The van der Waals surface area contributed by atoms with E-state index in [9.17, 15) is 19.8 Å². The van der Waals surface area contributed by atoms with Gasteiger partial charge in [-0.1, -0.05) is 48.5 Å². The Hall–Kier alpha value is -3.67. The van der Waals surface area contributed by atoms with Crippen LogP contribution < -0.4 is 0 Å². The van der Waals surface area contributed by atoms with E-state index in [1.54, 1.807) is 32.1 Å². The van der Waals surface area contributed by atoms with Crippen LogP contribution in [0.4, 0.5) is 0 Å². The SMILES string of the molecule is CC1=NC(C)=C(C(=O)OCC=Cc2ccccc2)C(c2cccc(O)c2)C1C(=O)O. The quantitative estimate of drug-likeness (QED) is 0.703. The zero-order valence-electron chi connectivity index (χ0n) is 16.8. The first-order valence-corrected chi connectivity index (χ1v) is 9.55. The van der Waals surface area contributed by atoms with E-state index in [2.05, 4.69) is 4.99 Å². The van der Waals surface area contributed by atoms with Crippen LogP contribution in [0.3, 0.4) is 0 Å². The number of carboxylic acids is 1. The smallest absolute Gasteiger partial charge is 0.336 e. The third-order valence-corrected chi connectivity index (χ3v) is 4.96. The molecule has 2 aromatic carbocycles. The van der Waals surface area contributed by atoms with Crippen LogP contribution in [0.25, 0.3) is 6.08 Å². The predicted octanol–water partition coefficient (Wildman–Crippen LogP) is 4.18. The van der Waals surface area contributed by atoms with Crippen molar-refractivity contribution in [2.24, 2.45) is 10.9 Å². The third kappa shape index (κ3) is 4.66. The van der Waals surface area contributed by atoms with Gasteiger partial charge in [0.25, 0.3) is 0 Å². The average molecular weight is 405 g/mol. The Balaban J connectivity index is 1.88. The van der Waals surface area contributed by atoms with Gasteiger partial charge in [0.1, 0.15) is 18.3 Å². The summed E-state index contributed by atoms with van der Waals surface area (Å²) in [6, 6.07) is 15.9. The van der Waals surface area contributed by atoms with Crippen molar-refractivity contribution in [3.05, 3.63) is 83.1 Å². The molecule has 3 rings (SSSR count). The second-order valence-corrected chi connectivity index (χ2v) is 7.05. The van der Waals surface area contributed by atoms with Crippen molar-refractivity contribution in [2.75, 3.05) is 6.61 Å². The number of carboxylic acid groups (broad SMARTS) is 1. The van der Waals surface area contributed by atoms with Crippen LogP contribution in [0.5, 0.6) is 5.75 Å². The largest absolute Gasteiger partial charge is 0.508 e. The van der Waals surface area contributed by atoms with Gasteiger partial charge in [0.05, 0.1) is 5.57 Å². The molecule has 2 aromatic rings. The topological polar surface area (TPSA) is 96.2 Å². The van der Waals surface area contributed by atoms with Gasteiger partial charge in [-0.05, 0) is 43.2 Å². The standard InChI is InChI=1S/C24H23NO5/c1-15-20(23(27)28)22(18-11-6-12-19(26)14-18)21(16(2)25-15)24(29)30-13-7-10-17-8-4-3-5-9-17/h3-12,14,20,22,26H,13H2,1-2H3,(H,27,28). The number of phenols is 1. The van der Waals surface area contributed by atoms with E-state index in [0.29, 0.717) is 17.0 Å². The molecule has 0 fully saturated rings. The van der Waals surface area contributed by atoms with E-state index in [-0.39, 0.29) is 17.9 Å². The number of aliphatic imine (C=N–C) groups is 1. The minimum Gasteiger partial charge on any atom is -0.508 e. The number of esters is 1. The first-order chi connectivity index (χ1) is 14.4. The van der Waals surface area contributed by atoms with Gasteiger partial charge in [0.15, 0.2) is 0 Å². The first-order valence-electron chi connectivity index (χ1n) is 9.55. The number of hydrogen-bond donors (Lipinski definition) is 2. The van der Waals surface area contributed by atoms with E-state index in [1.165, 1.54) is 12.1 Å². The summed E-state index contributed by atoms with van der Waals surface area (Å²) < 4.78 is 5.41. The highest BCUT2D eigenvalue weighted by Crippen LogP contribution is 2.40. The van der Waals surface area contributed by atoms with Crippen LogP contribution in [0.15, 0.2) is 76.9 Å². The zero-order chi connectivity index (χ0) is 21.7. The molecule has 2 unspecified atom stereocenters. The highest BCUT2D eigenvalue weighted by molar-refractivity contribution is 6.06. The molecule has 0 aromatic heterocycles. The third-order valence-electron chi connectivity index (χ3n) is 4.96. The molecule has 1 aliphatic heterocycles. The minimum absolute atomic E-state index is 0.00651. The Bertz CT molecular complexity index is 1040. The van der Waals surface area contributed by atoms with Gasteiger partial charge in [0.2, 0.25) is 0 Å². The molecule has 2 N–H and O–H groups in total. The van der Waals surface area contributed by atoms with Gasteiger partial charge < -0.3 is 14.9 Å². The van der Waals surface area contributed by atoms with Crippen molar-refractivity contribution in [2.45, 2.75) is 19.8 Å². The summed E-state index contributed by atoms with van der Waals surface area (Å²) in [6.45, 7) is 3.33. The van der Waals surface area contributed by atoms with Crippen molar-refractivity contribution < 1.29 is 24.5 Å². The lowest BCUT2D eigenvalue weighted by Gasteiger charge is -2.30. The normalized spacial score (nSPS) is 18.9. The number of ether oxygens (including phenoxy) is 1. The molecular formula is C24H23NO5. The molecule has 6 nitrogen and oxygen atoms in total. The number of hydrogen-bond acceptors (Lipinski definition) is 5. The molecular weight excluding hydrogens is 382 g/mol. The van der Waals surface area contributed by atoms with Crippen LogP contribution in [-0.4, -0.2) is 34.5 Å². The lowest BCUT2D eigenvalue weighted by atomic mass is 9.75. The minimum atomic E-state index is -1.09. The number of nitrogens with zero attached hydrogens (tertiary/aromatic N) is 1. The van der Waals surface area contributed by atoms with Gasteiger partial charge in [-0.25, -0.2) is 4.79 Å². The maximum absolute atomic E-state index is 12.9. The lowest BCUT2D eigenvalue weighted by Crippen LogP contribution is -2.35. The second-order valence-electron chi connectivity index (χ2n) is 7.05. The number of allylic oxidation sites excluding steroid dienone is 1. The molecule has 30 heavy (non-hydrogen) atoms. The number of aromatic hydroxyl groups is 1. The number of rotatable bonds is 6. The van der Waals surface area contributed by atoms with Gasteiger partial charge in [-0.15, -0.1) is 0 Å². The summed E-state index contributed by atoms with van der Waals surface area (Å²) >= 11 is 0. The fourth-order valence-electron chi connectivity index (χ4n) is 3.65. The summed E-state index contributed by atoms with van der Waals surface area (Å²) in [6.07, 6.45) is 3.56. The van der Waals surface area contributed by atoms with Crippen LogP contribution in [0, 0.1) is 5.92 Å². The Kier molecular flexibility index (Phi) is 6.47. The second kappa shape index (κ2) is 9.22. The van der Waals surface area contributed by atoms with Crippen molar-refractivity contribution in [1.29, 1.82) is 0 Å². The fraction of sp³-hybridized carbons (Fsp3) is 0.208. The Morgan fingerprint density at radius 2 is 1.83 bits per heavy atom. The van der Waals surface area contributed by atoms with Crippen molar-refractivity contribution in [1.82, 2.24) is 0 Å². The van der Waals surface area contributed by atoms with E-state index in [0.717, 1.165) is 5.56 Å². The summed E-state index contributed by atoms with van der Waals surface area (Å²) in [5, 5.41) is 19.7. The monoisotopic (exact) mass is 405 g/mol. The summed E-state index contributed by atoms with van der Waals surface area (Å²) in [5.74, 6) is -3.56. The van der Waals surface area contributed by atoms with E-state index < -0.39 is 23.8 Å². The first kappa shape index (κ1) is 21.0. The Morgan fingerprint density at radius 1 is 1.10 bits per heavy atom. The summed E-state index contributed by atoms with van der Waals surface area (Å²) in [4.78, 5) is 29.2. The van der Waals surface area contributed by atoms with E-state index in [4.69, 9.17) is 4.74 Å². The van der Waals surface area contributed by atoms with Gasteiger partial charge in [-0.3, -0.25) is 9.79 Å². The van der Waals surface area contributed by atoms with Gasteiger partial charge in [0, 0.05) is 17.3 Å². The maximum atomic E-state index is 12.9. The molecule has 1 aliphatic rings. The fourth-order valence-corrected chi connectivity index (χ4v) is 3.65. The molecule has 0 amide bonds. The number of benzene rings is 2. The summed E-state index contributed by atoms with van der Waals surface area (Å²) in [7, 11) is 0. The predicted molar refractivity (Wildman–Crippen MR) is 114 cm³/mol. The maximum Gasteiger partial charge on any atom is 0.336 e. The Labute approximate surface area is 174 Å². The number of phenolic OH excluding ortho intramolecular Hbond substituents is 1. The number of carbonyl (C=O) groups is 2. The molecule has 0 saturated heterocycles. The molecule has 154 valence electrons. The zero-order valence-corrected chi connectivity index (χ0v) is 16.8. The summed E-state index contributed by atoms with van der Waals surface area (Å²) in [5.41, 5.74) is 2.49. The van der Waals surface area contributed by atoms with Crippen LogP contribution >= 0.6 is 0 Å². The lowest BCUT2D eigenvalue weighted by molar-refractivity contribution is -0.140. The number of aliphatic carboxylic acids is 1. The number of carbonyl (C=O) groups excluding carboxylic acids is 1. The van der Waals surface area contributed by atoms with Gasteiger partial charge >= 0.3 is 11.9 Å². The Morgan fingerprint density at radius 3 is 2.50 bits per heavy atom. The molecule has 0 saturated carbocycles. The molecule has 1 heterocycles. The highest BCUT2D eigenvalue weighted by atomic mass is 16.5. The van der Waals surface area contributed by atoms with Crippen LogP contribution in [0.2, 0.25) is 0 Å². The highest BCUT2D eigenvalue weighted by Gasteiger charge is 2.41. The van der Waals surface area contributed by atoms with E-state index in [1.807, 2.05) is 36.4 Å².